The normalized spacial score (nSPS) is 11.4. The minimum absolute atomic E-state index is 0.0720. The van der Waals surface area contributed by atoms with Crippen molar-refractivity contribution in [3.63, 3.8) is 0 Å². The van der Waals surface area contributed by atoms with Crippen LogP contribution in [0.25, 0.3) is 0 Å². The summed E-state index contributed by atoms with van der Waals surface area (Å²) in [6, 6.07) is 22.9. The van der Waals surface area contributed by atoms with Gasteiger partial charge >= 0.3 is 0 Å². The number of benzene rings is 3. The van der Waals surface area contributed by atoms with Crippen molar-refractivity contribution < 1.29 is 4.79 Å². The third-order valence-corrected chi connectivity index (χ3v) is 5.75. The number of hydrogen-bond donors (Lipinski definition) is 3. The Hall–Kier alpha value is -2.54. The highest BCUT2D eigenvalue weighted by atomic mass is 35.5. The Morgan fingerprint density at radius 1 is 0.900 bits per heavy atom. The van der Waals surface area contributed by atoms with Gasteiger partial charge in [-0.25, -0.2) is 0 Å². The summed E-state index contributed by atoms with van der Waals surface area (Å²) in [4.78, 5) is 13.4. The van der Waals surface area contributed by atoms with E-state index in [1.54, 1.807) is 24.3 Å². The van der Waals surface area contributed by atoms with Crippen LogP contribution in [0.3, 0.4) is 0 Å². The summed E-state index contributed by atoms with van der Waals surface area (Å²) in [5.41, 5.74) is 3.70. The van der Waals surface area contributed by atoms with Crippen molar-refractivity contribution in [2.24, 2.45) is 0 Å². The number of thiocarbonyl (C=S) groups is 1. The van der Waals surface area contributed by atoms with Gasteiger partial charge in [0.2, 0.25) is 5.91 Å². The number of anilines is 3. The van der Waals surface area contributed by atoms with E-state index in [1.807, 2.05) is 62.4 Å². The zero-order valence-electron chi connectivity index (χ0n) is 16.6. The molecular formula is C23H22ClN3OS2. The van der Waals surface area contributed by atoms with Gasteiger partial charge in [-0.3, -0.25) is 4.79 Å². The van der Waals surface area contributed by atoms with Crippen LogP contribution >= 0.6 is 35.6 Å². The predicted molar refractivity (Wildman–Crippen MR) is 133 cm³/mol. The van der Waals surface area contributed by atoms with Crippen molar-refractivity contribution in [3.05, 3.63) is 83.4 Å². The van der Waals surface area contributed by atoms with E-state index in [0.29, 0.717) is 10.1 Å². The van der Waals surface area contributed by atoms with Crippen LogP contribution in [0.5, 0.6) is 0 Å². The quantitative estimate of drug-likeness (QED) is 0.289. The van der Waals surface area contributed by atoms with Crippen molar-refractivity contribution >= 4 is 63.7 Å². The molecule has 0 radical (unpaired) electrons. The van der Waals surface area contributed by atoms with Gasteiger partial charge in [-0.2, -0.15) is 0 Å². The Morgan fingerprint density at radius 2 is 1.50 bits per heavy atom. The van der Waals surface area contributed by atoms with Crippen LogP contribution in [0.15, 0.2) is 77.7 Å². The summed E-state index contributed by atoms with van der Waals surface area (Å²) in [6.45, 7) is 3.92. The van der Waals surface area contributed by atoms with Crippen LogP contribution in [-0.2, 0) is 4.79 Å². The Bertz CT molecular complexity index is 1020. The minimum atomic E-state index is -0.270. The molecule has 0 fully saturated rings. The van der Waals surface area contributed by atoms with Gasteiger partial charge in [0.1, 0.15) is 0 Å². The van der Waals surface area contributed by atoms with E-state index >= 15 is 0 Å². The van der Waals surface area contributed by atoms with E-state index in [2.05, 4.69) is 16.0 Å². The third-order valence-electron chi connectivity index (χ3n) is 4.20. The number of hydrogen-bond acceptors (Lipinski definition) is 3. The van der Waals surface area contributed by atoms with Gasteiger partial charge in [-0.1, -0.05) is 35.4 Å². The summed E-state index contributed by atoms with van der Waals surface area (Å²) >= 11 is 12.8. The number of rotatable bonds is 6. The van der Waals surface area contributed by atoms with E-state index < -0.39 is 0 Å². The average Bonchev–Trinajstić information content (AvgIpc) is 2.71. The highest BCUT2D eigenvalue weighted by Crippen LogP contribution is 2.27. The molecule has 7 heteroatoms. The monoisotopic (exact) mass is 455 g/mol. The maximum absolute atomic E-state index is 12.5. The number of aryl methyl sites for hydroxylation is 1. The van der Waals surface area contributed by atoms with Crippen molar-refractivity contribution in [1.29, 1.82) is 0 Å². The highest BCUT2D eigenvalue weighted by Gasteiger charge is 2.15. The number of nitrogens with one attached hydrogen (secondary N) is 3. The molecule has 30 heavy (non-hydrogen) atoms. The van der Waals surface area contributed by atoms with Gasteiger partial charge in [0.15, 0.2) is 5.11 Å². The maximum Gasteiger partial charge on any atom is 0.237 e. The first kappa shape index (κ1) is 22.2. The molecule has 3 aromatic carbocycles. The van der Waals surface area contributed by atoms with Gasteiger partial charge in [0.05, 0.1) is 5.25 Å². The first-order chi connectivity index (χ1) is 14.4. The standard InChI is InChI=1S/C23H22ClN3OS2/c1-15-6-10-19(11-7-15)26-23(29)27-20-4-3-5-21(14-20)30-16(2)22(28)25-18-12-8-17(24)9-13-18/h3-14,16H,1-2H3,(H,25,28)(H2,26,27,29). The van der Waals surface area contributed by atoms with E-state index in [1.165, 1.54) is 17.3 Å². The number of carbonyl (C=O) groups excluding carboxylic acids is 1. The first-order valence-electron chi connectivity index (χ1n) is 9.37. The van der Waals surface area contributed by atoms with Gasteiger partial charge in [-0.05, 0) is 80.7 Å². The minimum Gasteiger partial charge on any atom is -0.332 e. The maximum atomic E-state index is 12.5. The van der Waals surface area contributed by atoms with E-state index in [4.69, 9.17) is 23.8 Å². The summed E-state index contributed by atoms with van der Waals surface area (Å²) in [7, 11) is 0. The molecule has 1 amide bonds. The number of amides is 1. The van der Waals surface area contributed by atoms with Crippen LogP contribution in [0.1, 0.15) is 12.5 Å². The molecule has 3 rings (SSSR count). The molecule has 3 N–H and O–H groups in total. The van der Waals surface area contributed by atoms with Crippen molar-refractivity contribution in [3.8, 4) is 0 Å². The van der Waals surface area contributed by atoms with Gasteiger partial charge in [0.25, 0.3) is 0 Å². The van der Waals surface area contributed by atoms with Gasteiger partial charge in [-0.15, -0.1) is 11.8 Å². The number of thioether (sulfide) groups is 1. The molecule has 0 saturated heterocycles. The van der Waals surface area contributed by atoms with Crippen LogP contribution in [0, 0.1) is 6.92 Å². The van der Waals surface area contributed by atoms with E-state index in [0.717, 1.165) is 22.0 Å². The third kappa shape index (κ3) is 6.76. The lowest BCUT2D eigenvalue weighted by Crippen LogP contribution is -2.22. The second kappa shape index (κ2) is 10.5. The largest absolute Gasteiger partial charge is 0.332 e. The van der Waals surface area contributed by atoms with Crippen LogP contribution in [-0.4, -0.2) is 16.3 Å². The van der Waals surface area contributed by atoms with Crippen LogP contribution in [0.2, 0.25) is 5.02 Å². The Balaban J connectivity index is 1.56. The molecule has 0 heterocycles. The molecule has 0 bridgehead atoms. The molecule has 1 atom stereocenters. The Morgan fingerprint density at radius 3 is 2.20 bits per heavy atom. The van der Waals surface area contributed by atoms with Gasteiger partial charge in [0, 0.05) is 27.0 Å². The van der Waals surface area contributed by atoms with E-state index in [-0.39, 0.29) is 11.2 Å². The van der Waals surface area contributed by atoms with Gasteiger partial charge < -0.3 is 16.0 Å². The smallest absolute Gasteiger partial charge is 0.237 e. The summed E-state index contributed by atoms with van der Waals surface area (Å²) in [5.74, 6) is -0.0720. The second-order valence-electron chi connectivity index (χ2n) is 6.73. The topological polar surface area (TPSA) is 53.2 Å². The molecule has 0 saturated carbocycles. The molecule has 4 nitrogen and oxygen atoms in total. The molecule has 0 aliphatic rings. The first-order valence-corrected chi connectivity index (χ1v) is 11.0. The number of halogens is 1. The SMILES string of the molecule is Cc1ccc(NC(=S)Nc2cccc(SC(C)C(=O)Nc3ccc(Cl)cc3)c2)cc1. The fraction of sp³-hybridized carbons (Fsp3) is 0.130. The van der Waals surface area contributed by atoms with Crippen LogP contribution in [0.4, 0.5) is 17.1 Å². The number of carbonyl (C=O) groups is 1. The van der Waals surface area contributed by atoms with Crippen molar-refractivity contribution in [2.75, 3.05) is 16.0 Å². The lowest BCUT2D eigenvalue weighted by Gasteiger charge is -2.14. The fourth-order valence-corrected chi connectivity index (χ4v) is 3.90. The molecular weight excluding hydrogens is 434 g/mol. The fourth-order valence-electron chi connectivity index (χ4n) is 2.61. The lowest BCUT2D eigenvalue weighted by atomic mass is 10.2. The predicted octanol–water partition coefficient (Wildman–Crippen LogP) is 6.58. The zero-order chi connectivity index (χ0) is 21.5. The molecule has 3 aromatic rings. The summed E-state index contributed by atoms with van der Waals surface area (Å²) in [5, 5.41) is 10.1. The molecule has 1 unspecified atom stereocenters. The molecule has 0 aliphatic carbocycles. The zero-order valence-corrected chi connectivity index (χ0v) is 19.0. The highest BCUT2D eigenvalue weighted by molar-refractivity contribution is 8.00. The molecule has 0 aliphatic heterocycles. The molecule has 0 aromatic heterocycles. The van der Waals surface area contributed by atoms with Crippen LogP contribution < -0.4 is 16.0 Å². The van der Waals surface area contributed by atoms with E-state index in [9.17, 15) is 4.79 Å². The Labute approximate surface area is 191 Å². The summed E-state index contributed by atoms with van der Waals surface area (Å²) in [6.07, 6.45) is 0. The lowest BCUT2D eigenvalue weighted by molar-refractivity contribution is -0.115. The molecule has 154 valence electrons. The average molecular weight is 456 g/mol. The van der Waals surface area contributed by atoms with Crippen molar-refractivity contribution in [1.82, 2.24) is 0 Å². The van der Waals surface area contributed by atoms with Crippen molar-refractivity contribution in [2.45, 2.75) is 24.0 Å². The Kier molecular flexibility index (Phi) is 7.74. The second-order valence-corrected chi connectivity index (χ2v) is 8.99. The molecule has 0 spiro atoms. The summed E-state index contributed by atoms with van der Waals surface area (Å²) < 4.78 is 0.